The second-order valence-corrected chi connectivity index (χ2v) is 11.2. The molecule has 10 nitrogen and oxygen atoms in total. The molecule has 0 atom stereocenters. The Labute approximate surface area is 201 Å². The fourth-order valence-corrected chi connectivity index (χ4v) is 5.68. The Hall–Kier alpha value is -2.76. The van der Waals surface area contributed by atoms with Crippen LogP contribution in [0.5, 0.6) is 0 Å². The Morgan fingerprint density at radius 2 is 1.71 bits per heavy atom. The zero-order valence-electron chi connectivity index (χ0n) is 19.8. The molecule has 34 heavy (non-hydrogen) atoms. The maximum Gasteiger partial charge on any atom is 0.281 e. The standard InChI is InChI=1S/C23H33N7O3S/c1-28(2)34(32,33)30-14-10-18(11-15-30)17-6-8-19(9-7-17)26-23-21(22(24)31)25-16-20(27-23)29-12-4-3-5-13-29/h6-9,16,18H,3-5,10-15H2,1-2H3,(H2,24,31)(H,26,27). The van der Waals surface area contributed by atoms with Gasteiger partial charge in [-0.1, -0.05) is 12.1 Å². The van der Waals surface area contributed by atoms with Crippen LogP contribution in [0.1, 0.15) is 54.1 Å². The van der Waals surface area contributed by atoms with Crippen LogP contribution in [0.25, 0.3) is 0 Å². The highest BCUT2D eigenvalue weighted by Gasteiger charge is 2.30. The van der Waals surface area contributed by atoms with E-state index in [1.165, 1.54) is 10.7 Å². The van der Waals surface area contributed by atoms with Crippen LogP contribution in [-0.2, 0) is 10.2 Å². The van der Waals surface area contributed by atoms with E-state index in [0.29, 0.717) is 24.8 Å². The zero-order chi connectivity index (χ0) is 24.3. The highest BCUT2D eigenvalue weighted by atomic mass is 32.2. The van der Waals surface area contributed by atoms with E-state index in [1.807, 2.05) is 24.3 Å². The van der Waals surface area contributed by atoms with Crippen molar-refractivity contribution >= 4 is 33.4 Å². The molecule has 3 N–H and O–H groups in total. The van der Waals surface area contributed by atoms with Crippen molar-refractivity contribution in [3.05, 3.63) is 41.7 Å². The van der Waals surface area contributed by atoms with Gasteiger partial charge in [0.1, 0.15) is 5.82 Å². The van der Waals surface area contributed by atoms with Crippen molar-refractivity contribution in [1.82, 2.24) is 18.6 Å². The molecule has 0 spiro atoms. The predicted molar refractivity (Wildman–Crippen MR) is 132 cm³/mol. The normalized spacial score (nSPS) is 18.3. The van der Waals surface area contributed by atoms with Gasteiger partial charge in [-0.05, 0) is 55.7 Å². The number of amides is 1. The highest BCUT2D eigenvalue weighted by Crippen LogP contribution is 2.31. The SMILES string of the molecule is CN(C)S(=O)(=O)N1CCC(c2ccc(Nc3nc(N4CCCCC4)cnc3C(N)=O)cc2)CC1. The van der Waals surface area contributed by atoms with Gasteiger partial charge >= 0.3 is 0 Å². The second-order valence-electron chi connectivity index (χ2n) is 9.05. The van der Waals surface area contributed by atoms with Crippen LogP contribution < -0.4 is 16.0 Å². The van der Waals surface area contributed by atoms with E-state index in [9.17, 15) is 13.2 Å². The Morgan fingerprint density at radius 1 is 1.06 bits per heavy atom. The van der Waals surface area contributed by atoms with Crippen LogP contribution in [0, 0.1) is 0 Å². The summed E-state index contributed by atoms with van der Waals surface area (Å²) in [7, 11) is -0.249. The summed E-state index contributed by atoms with van der Waals surface area (Å²) >= 11 is 0. The second kappa shape index (κ2) is 10.2. The third-order valence-corrected chi connectivity index (χ3v) is 8.50. The number of benzene rings is 1. The average molecular weight is 488 g/mol. The number of anilines is 3. The molecule has 0 radical (unpaired) electrons. The summed E-state index contributed by atoms with van der Waals surface area (Å²) in [4.78, 5) is 23.0. The lowest BCUT2D eigenvalue weighted by molar-refractivity contribution is 0.0996. The molecule has 2 fully saturated rings. The quantitative estimate of drug-likeness (QED) is 0.614. The van der Waals surface area contributed by atoms with Gasteiger partial charge in [0, 0.05) is 46.0 Å². The van der Waals surface area contributed by atoms with E-state index in [0.717, 1.165) is 55.8 Å². The van der Waals surface area contributed by atoms with Gasteiger partial charge in [-0.3, -0.25) is 4.79 Å². The number of hydrogen-bond donors (Lipinski definition) is 2. The molecule has 1 aromatic carbocycles. The Kier molecular flexibility index (Phi) is 7.34. The number of aromatic nitrogens is 2. The van der Waals surface area contributed by atoms with E-state index in [-0.39, 0.29) is 5.69 Å². The van der Waals surface area contributed by atoms with Gasteiger partial charge in [-0.15, -0.1) is 0 Å². The van der Waals surface area contributed by atoms with Crippen molar-refractivity contribution in [2.75, 3.05) is 50.5 Å². The molecule has 3 heterocycles. The fraction of sp³-hybridized carbons (Fsp3) is 0.522. The first-order valence-corrected chi connectivity index (χ1v) is 13.1. The lowest BCUT2D eigenvalue weighted by Crippen LogP contribution is -2.44. The van der Waals surface area contributed by atoms with Gasteiger partial charge in [0.25, 0.3) is 16.1 Å². The van der Waals surface area contributed by atoms with E-state index in [1.54, 1.807) is 24.6 Å². The highest BCUT2D eigenvalue weighted by molar-refractivity contribution is 7.86. The summed E-state index contributed by atoms with van der Waals surface area (Å²) in [6, 6.07) is 7.96. The van der Waals surface area contributed by atoms with Crippen molar-refractivity contribution in [2.45, 2.75) is 38.0 Å². The molecule has 0 saturated carbocycles. The summed E-state index contributed by atoms with van der Waals surface area (Å²) in [5.74, 6) is 0.760. The lowest BCUT2D eigenvalue weighted by atomic mass is 9.90. The smallest absolute Gasteiger partial charge is 0.281 e. The third-order valence-electron chi connectivity index (χ3n) is 6.56. The topological polar surface area (TPSA) is 125 Å². The number of rotatable bonds is 7. The van der Waals surface area contributed by atoms with Crippen molar-refractivity contribution < 1.29 is 13.2 Å². The number of carbonyl (C=O) groups excluding carboxylic acids is 1. The first kappa shape index (κ1) is 24.4. The number of carbonyl (C=O) groups is 1. The molecule has 1 aromatic heterocycles. The van der Waals surface area contributed by atoms with Crippen LogP contribution in [0.3, 0.4) is 0 Å². The molecule has 1 amide bonds. The van der Waals surface area contributed by atoms with Gasteiger partial charge in [-0.2, -0.15) is 17.0 Å². The summed E-state index contributed by atoms with van der Waals surface area (Å²) in [5, 5.41) is 3.21. The molecular weight excluding hydrogens is 454 g/mol. The monoisotopic (exact) mass is 487 g/mol. The molecule has 0 aliphatic carbocycles. The van der Waals surface area contributed by atoms with Crippen LogP contribution in [-0.4, -0.2) is 73.2 Å². The molecule has 2 aliphatic rings. The molecule has 2 saturated heterocycles. The molecule has 0 unspecified atom stereocenters. The first-order valence-electron chi connectivity index (χ1n) is 11.7. The largest absolute Gasteiger partial charge is 0.364 e. The van der Waals surface area contributed by atoms with Crippen molar-refractivity contribution in [1.29, 1.82) is 0 Å². The van der Waals surface area contributed by atoms with Crippen LogP contribution >= 0.6 is 0 Å². The molecule has 11 heteroatoms. The maximum atomic E-state index is 12.3. The summed E-state index contributed by atoms with van der Waals surface area (Å²) < 4.78 is 27.5. The van der Waals surface area contributed by atoms with Gasteiger partial charge in [0.2, 0.25) is 0 Å². The van der Waals surface area contributed by atoms with Crippen LogP contribution in [0.4, 0.5) is 17.3 Å². The summed E-state index contributed by atoms with van der Waals surface area (Å²) in [6.45, 7) is 2.86. The number of primary amides is 1. The van der Waals surface area contributed by atoms with Crippen LogP contribution in [0.2, 0.25) is 0 Å². The van der Waals surface area contributed by atoms with Gasteiger partial charge < -0.3 is 16.0 Å². The summed E-state index contributed by atoms with van der Waals surface area (Å²) in [6.07, 6.45) is 6.60. The van der Waals surface area contributed by atoms with E-state index in [4.69, 9.17) is 5.73 Å². The minimum atomic E-state index is -3.37. The number of nitrogens with two attached hydrogens (primary N) is 1. The fourth-order valence-electron chi connectivity index (χ4n) is 4.55. The lowest BCUT2D eigenvalue weighted by Gasteiger charge is -2.33. The Morgan fingerprint density at radius 3 is 2.29 bits per heavy atom. The number of piperidine rings is 2. The van der Waals surface area contributed by atoms with Gasteiger partial charge in [-0.25, -0.2) is 9.97 Å². The predicted octanol–water partition coefficient (Wildman–Crippen LogP) is 2.30. The molecule has 184 valence electrons. The minimum Gasteiger partial charge on any atom is -0.364 e. The molecule has 2 aromatic rings. The first-order chi connectivity index (χ1) is 16.3. The number of hydrogen-bond acceptors (Lipinski definition) is 7. The van der Waals surface area contributed by atoms with Crippen molar-refractivity contribution in [3.8, 4) is 0 Å². The van der Waals surface area contributed by atoms with Gasteiger partial charge in [0.15, 0.2) is 11.5 Å². The number of nitrogens with zero attached hydrogens (tertiary/aromatic N) is 5. The average Bonchev–Trinajstić information content (AvgIpc) is 2.85. The maximum absolute atomic E-state index is 12.3. The van der Waals surface area contributed by atoms with E-state index in [2.05, 4.69) is 20.2 Å². The van der Waals surface area contributed by atoms with E-state index < -0.39 is 16.1 Å². The Balaban J connectivity index is 1.45. The molecular formula is C23H33N7O3S. The number of nitrogens with one attached hydrogen (secondary N) is 1. The van der Waals surface area contributed by atoms with E-state index >= 15 is 0 Å². The van der Waals surface area contributed by atoms with Crippen molar-refractivity contribution in [2.24, 2.45) is 5.73 Å². The summed E-state index contributed by atoms with van der Waals surface area (Å²) in [5.41, 5.74) is 7.59. The minimum absolute atomic E-state index is 0.110. The van der Waals surface area contributed by atoms with Gasteiger partial charge in [0.05, 0.1) is 6.20 Å². The zero-order valence-corrected chi connectivity index (χ0v) is 20.6. The Bertz CT molecular complexity index is 1110. The van der Waals surface area contributed by atoms with Crippen LogP contribution in [0.15, 0.2) is 30.5 Å². The molecule has 2 aliphatic heterocycles. The molecule has 0 bridgehead atoms. The third kappa shape index (κ3) is 5.31. The molecule has 4 rings (SSSR count). The van der Waals surface area contributed by atoms with Crippen molar-refractivity contribution in [3.63, 3.8) is 0 Å².